The molecule has 0 atom stereocenters. The zero-order chi connectivity index (χ0) is 24.3. The predicted octanol–water partition coefficient (Wildman–Crippen LogP) is 10.1. The summed E-state index contributed by atoms with van der Waals surface area (Å²) in [6.07, 6.45) is 18.4. The average Bonchev–Trinajstić information content (AvgIpc) is 2.89. The van der Waals surface area contributed by atoms with Crippen molar-refractivity contribution in [2.45, 2.75) is 104 Å². The molecular weight excluding hydrogens is 424 g/mol. The number of benzene rings is 3. The smallest absolute Gasteiger partial charge is 0.138 e. The number of anilines is 1. The van der Waals surface area contributed by atoms with Crippen molar-refractivity contribution in [2.24, 2.45) is 4.99 Å². The van der Waals surface area contributed by atoms with E-state index in [0.717, 1.165) is 17.8 Å². The number of nitrogens with zero attached hydrogens (tertiary/aromatic N) is 1. The van der Waals surface area contributed by atoms with Crippen molar-refractivity contribution in [3.05, 3.63) is 71.3 Å². The van der Waals surface area contributed by atoms with Crippen LogP contribution in [0.25, 0.3) is 10.8 Å². The number of rotatable bonds is 15. The highest BCUT2D eigenvalue weighted by atomic mass is 15.0. The SMILES string of the molecule is CCCCCCCCc1cc2cccc3c2c(c1CCCCCCCC)N=C(c1ccccc1)N3. The minimum absolute atomic E-state index is 0.978. The molecule has 0 radical (unpaired) electrons. The molecule has 186 valence electrons. The molecule has 0 bridgehead atoms. The van der Waals surface area contributed by atoms with Crippen LogP contribution in [0.3, 0.4) is 0 Å². The molecule has 0 fully saturated rings. The van der Waals surface area contributed by atoms with Crippen molar-refractivity contribution in [2.75, 3.05) is 5.32 Å². The Morgan fingerprint density at radius 2 is 1.31 bits per heavy atom. The molecular formula is C33H44N2. The minimum atomic E-state index is 0.978. The van der Waals surface area contributed by atoms with Crippen molar-refractivity contribution in [3.63, 3.8) is 0 Å². The van der Waals surface area contributed by atoms with Gasteiger partial charge in [-0.15, -0.1) is 0 Å². The molecule has 1 N–H and O–H groups in total. The Morgan fingerprint density at radius 3 is 2.03 bits per heavy atom. The fourth-order valence-corrected chi connectivity index (χ4v) is 5.44. The lowest BCUT2D eigenvalue weighted by molar-refractivity contribution is 0.599. The molecule has 2 nitrogen and oxygen atoms in total. The first-order valence-electron chi connectivity index (χ1n) is 14.3. The maximum absolute atomic E-state index is 5.30. The molecule has 0 aliphatic carbocycles. The molecule has 0 amide bonds. The van der Waals surface area contributed by atoms with Crippen LogP contribution >= 0.6 is 0 Å². The largest absolute Gasteiger partial charge is 0.339 e. The lowest BCUT2D eigenvalue weighted by Crippen LogP contribution is -2.17. The number of aliphatic imine (C=N–C) groups is 1. The Kier molecular flexibility index (Phi) is 9.81. The number of nitrogens with one attached hydrogen (secondary N) is 1. The molecule has 35 heavy (non-hydrogen) atoms. The summed E-state index contributed by atoms with van der Waals surface area (Å²) in [5, 5.41) is 6.27. The lowest BCUT2D eigenvalue weighted by Gasteiger charge is -2.24. The summed E-state index contributed by atoms with van der Waals surface area (Å²) >= 11 is 0. The molecule has 1 aliphatic heterocycles. The first kappa shape index (κ1) is 25.5. The van der Waals surface area contributed by atoms with Crippen molar-refractivity contribution >= 4 is 28.0 Å². The monoisotopic (exact) mass is 468 g/mol. The maximum atomic E-state index is 5.30. The Bertz CT molecular complexity index is 1100. The van der Waals surface area contributed by atoms with Gasteiger partial charge in [0, 0.05) is 16.6 Å². The average molecular weight is 469 g/mol. The van der Waals surface area contributed by atoms with E-state index in [1.54, 1.807) is 0 Å². The van der Waals surface area contributed by atoms with E-state index in [0.29, 0.717) is 0 Å². The Morgan fingerprint density at radius 1 is 0.657 bits per heavy atom. The van der Waals surface area contributed by atoms with E-state index < -0.39 is 0 Å². The maximum Gasteiger partial charge on any atom is 0.138 e. The quantitative estimate of drug-likeness (QED) is 0.220. The number of amidine groups is 1. The van der Waals surface area contributed by atoms with Crippen LogP contribution in [0.4, 0.5) is 11.4 Å². The molecule has 0 spiro atoms. The van der Waals surface area contributed by atoms with Gasteiger partial charge < -0.3 is 5.32 Å². The van der Waals surface area contributed by atoms with Crippen molar-refractivity contribution in [1.82, 2.24) is 0 Å². The second-order valence-electron chi connectivity index (χ2n) is 10.3. The van der Waals surface area contributed by atoms with Crippen LogP contribution in [-0.2, 0) is 12.8 Å². The zero-order valence-electron chi connectivity index (χ0n) is 22.0. The van der Waals surface area contributed by atoms with Gasteiger partial charge in [0.2, 0.25) is 0 Å². The normalized spacial score (nSPS) is 12.6. The third kappa shape index (κ3) is 6.75. The van der Waals surface area contributed by atoms with Crippen molar-refractivity contribution < 1.29 is 0 Å². The van der Waals surface area contributed by atoms with E-state index >= 15 is 0 Å². The highest BCUT2D eigenvalue weighted by molar-refractivity contribution is 6.19. The molecule has 1 heterocycles. The van der Waals surface area contributed by atoms with E-state index in [-0.39, 0.29) is 0 Å². The van der Waals surface area contributed by atoms with Gasteiger partial charge in [-0.05, 0) is 48.3 Å². The summed E-state index contributed by atoms with van der Waals surface area (Å²) in [5.41, 5.74) is 6.62. The summed E-state index contributed by atoms with van der Waals surface area (Å²) in [6.45, 7) is 4.59. The number of aryl methyl sites for hydroxylation is 1. The van der Waals surface area contributed by atoms with Gasteiger partial charge in [0.1, 0.15) is 5.84 Å². The summed E-state index contributed by atoms with van der Waals surface area (Å²) in [7, 11) is 0. The third-order valence-electron chi connectivity index (χ3n) is 7.44. The minimum Gasteiger partial charge on any atom is -0.339 e. The Balaban J connectivity index is 1.64. The summed E-state index contributed by atoms with van der Waals surface area (Å²) in [4.78, 5) is 5.30. The molecule has 0 saturated heterocycles. The summed E-state index contributed by atoms with van der Waals surface area (Å²) < 4.78 is 0. The van der Waals surface area contributed by atoms with E-state index in [1.165, 1.54) is 117 Å². The molecule has 2 heteroatoms. The van der Waals surface area contributed by atoms with Gasteiger partial charge in [0.25, 0.3) is 0 Å². The summed E-state index contributed by atoms with van der Waals surface area (Å²) in [6, 6.07) is 19.7. The van der Waals surface area contributed by atoms with E-state index in [4.69, 9.17) is 4.99 Å². The van der Waals surface area contributed by atoms with Gasteiger partial charge in [-0.2, -0.15) is 0 Å². The van der Waals surface area contributed by atoms with Crippen molar-refractivity contribution in [1.29, 1.82) is 0 Å². The second kappa shape index (κ2) is 13.5. The van der Waals surface area contributed by atoms with E-state index in [2.05, 4.69) is 73.8 Å². The van der Waals surface area contributed by atoms with E-state index in [9.17, 15) is 0 Å². The molecule has 4 rings (SSSR count). The predicted molar refractivity (Wildman–Crippen MR) is 154 cm³/mol. The first-order valence-corrected chi connectivity index (χ1v) is 14.3. The van der Waals surface area contributed by atoms with Crippen LogP contribution in [0.5, 0.6) is 0 Å². The molecule has 3 aromatic rings. The Hall–Kier alpha value is -2.61. The molecule has 0 aromatic heterocycles. The number of hydrogen-bond donors (Lipinski definition) is 1. The topological polar surface area (TPSA) is 24.4 Å². The molecule has 1 aliphatic rings. The fourth-order valence-electron chi connectivity index (χ4n) is 5.44. The van der Waals surface area contributed by atoms with Gasteiger partial charge in [0.15, 0.2) is 0 Å². The molecule has 3 aromatic carbocycles. The highest BCUT2D eigenvalue weighted by Gasteiger charge is 2.21. The number of hydrogen-bond acceptors (Lipinski definition) is 2. The van der Waals surface area contributed by atoms with Gasteiger partial charge in [0.05, 0.1) is 5.69 Å². The standard InChI is InChI=1S/C33H44N2/c1-3-5-7-9-11-14-21-27-25-28-22-18-24-30-31(28)32(29(27)23-17-12-10-8-6-4-2)35-33(34-30)26-19-15-13-16-20-26/h13,15-16,18-20,22,24-25H,3-12,14,17,21,23H2,1-2H3,(H,34,35). The van der Waals surface area contributed by atoms with Crippen LogP contribution in [0.15, 0.2) is 59.6 Å². The second-order valence-corrected chi connectivity index (χ2v) is 10.3. The van der Waals surface area contributed by atoms with Crippen LogP contribution in [-0.4, -0.2) is 5.84 Å². The van der Waals surface area contributed by atoms with Gasteiger partial charge >= 0.3 is 0 Å². The van der Waals surface area contributed by atoms with Gasteiger partial charge in [-0.1, -0.05) is 127 Å². The van der Waals surface area contributed by atoms with Crippen LogP contribution in [0.1, 0.15) is 108 Å². The van der Waals surface area contributed by atoms with Crippen LogP contribution < -0.4 is 5.32 Å². The summed E-state index contributed by atoms with van der Waals surface area (Å²) in [5.74, 6) is 0.978. The van der Waals surface area contributed by atoms with Crippen molar-refractivity contribution in [3.8, 4) is 0 Å². The fraction of sp³-hybridized carbons (Fsp3) is 0.485. The molecule has 0 saturated carbocycles. The van der Waals surface area contributed by atoms with Gasteiger partial charge in [-0.25, -0.2) is 4.99 Å². The van der Waals surface area contributed by atoms with Crippen LogP contribution in [0.2, 0.25) is 0 Å². The van der Waals surface area contributed by atoms with E-state index in [1.807, 2.05) is 0 Å². The number of unbranched alkanes of at least 4 members (excludes halogenated alkanes) is 10. The van der Waals surface area contributed by atoms with Gasteiger partial charge in [-0.3, -0.25) is 0 Å². The molecule has 0 unspecified atom stereocenters. The lowest BCUT2D eigenvalue weighted by atomic mass is 9.90. The Labute approximate surface area is 213 Å². The zero-order valence-corrected chi connectivity index (χ0v) is 22.0. The highest BCUT2D eigenvalue weighted by Crippen LogP contribution is 2.42. The van der Waals surface area contributed by atoms with Crippen LogP contribution in [0, 0.1) is 0 Å². The third-order valence-corrected chi connectivity index (χ3v) is 7.44. The first-order chi connectivity index (χ1) is 17.3.